The molecule has 1 unspecified atom stereocenters. The molecule has 2 fully saturated rings. The van der Waals surface area contributed by atoms with Crippen LogP contribution in [-0.4, -0.2) is 66.2 Å². The Labute approximate surface area is 215 Å². The molecule has 1 heterocycles. The van der Waals surface area contributed by atoms with Crippen LogP contribution in [0, 0.1) is 23.2 Å². The number of amides is 3. The maximum Gasteiger partial charge on any atom is 0.408 e. The molecule has 0 aromatic rings. The number of carbonyl (C=O) groups is 4. The van der Waals surface area contributed by atoms with Gasteiger partial charge in [-0.1, -0.05) is 47.6 Å². The summed E-state index contributed by atoms with van der Waals surface area (Å²) in [6, 6.07) is -1.62. The minimum absolute atomic E-state index is 0.210. The van der Waals surface area contributed by atoms with Crippen molar-refractivity contribution in [3.8, 4) is 0 Å². The Kier molecular flexibility index (Phi) is 9.59. The standard InChI is InChI=1S/C27H45N3O6/c1-10-19-15-27(19,24(33)35-9)29-22(31)20-12-11-13-30(20)23(32)21(26(6,7)8)28-25(34)36-18(5)14-17(4)16(2)3/h10,16-21H,1,11-15H2,2-9H3,(H,28,34)(H,29,31)/t17-,18-,19+,20-,21+,27?/m0/s1. The van der Waals surface area contributed by atoms with Crippen LogP contribution in [0.4, 0.5) is 4.79 Å². The van der Waals surface area contributed by atoms with E-state index in [-0.39, 0.29) is 17.9 Å². The van der Waals surface area contributed by atoms with Gasteiger partial charge in [0.2, 0.25) is 11.8 Å². The van der Waals surface area contributed by atoms with Gasteiger partial charge >= 0.3 is 12.1 Å². The third kappa shape index (κ3) is 6.79. The quantitative estimate of drug-likeness (QED) is 0.346. The van der Waals surface area contributed by atoms with E-state index in [4.69, 9.17) is 9.47 Å². The molecule has 1 aliphatic carbocycles. The third-order valence-electron chi connectivity index (χ3n) is 7.56. The highest BCUT2D eigenvalue weighted by Crippen LogP contribution is 2.45. The molecule has 0 bridgehead atoms. The van der Waals surface area contributed by atoms with Gasteiger partial charge in [0.05, 0.1) is 7.11 Å². The van der Waals surface area contributed by atoms with Crippen LogP contribution in [0.5, 0.6) is 0 Å². The molecule has 9 heteroatoms. The fourth-order valence-electron chi connectivity index (χ4n) is 4.78. The third-order valence-corrected chi connectivity index (χ3v) is 7.56. The van der Waals surface area contributed by atoms with Gasteiger partial charge in [-0.3, -0.25) is 9.59 Å². The van der Waals surface area contributed by atoms with Crippen molar-refractivity contribution in [2.45, 2.75) is 97.9 Å². The van der Waals surface area contributed by atoms with E-state index in [2.05, 4.69) is 38.0 Å². The first kappa shape index (κ1) is 29.6. The van der Waals surface area contributed by atoms with E-state index in [0.29, 0.717) is 37.6 Å². The highest BCUT2D eigenvalue weighted by molar-refractivity contribution is 5.96. The van der Waals surface area contributed by atoms with Gasteiger partial charge in [0.15, 0.2) is 0 Å². The van der Waals surface area contributed by atoms with Crippen molar-refractivity contribution in [1.82, 2.24) is 15.5 Å². The highest BCUT2D eigenvalue weighted by atomic mass is 16.6. The highest BCUT2D eigenvalue weighted by Gasteiger charge is 2.61. The second kappa shape index (κ2) is 11.6. The van der Waals surface area contributed by atoms with E-state index in [1.807, 2.05) is 27.7 Å². The summed E-state index contributed by atoms with van der Waals surface area (Å²) in [6.45, 7) is 17.9. The van der Waals surface area contributed by atoms with Gasteiger partial charge in [0, 0.05) is 12.5 Å². The summed E-state index contributed by atoms with van der Waals surface area (Å²) in [4.78, 5) is 53.5. The van der Waals surface area contributed by atoms with Crippen molar-refractivity contribution in [2.24, 2.45) is 23.2 Å². The monoisotopic (exact) mass is 507 g/mol. The van der Waals surface area contributed by atoms with Crippen LogP contribution >= 0.6 is 0 Å². The summed E-state index contributed by atoms with van der Waals surface area (Å²) < 4.78 is 10.5. The van der Waals surface area contributed by atoms with Crippen LogP contribution in [0.2, 0.25) is 0 Å². The number of hydrogen-bond acceptors (Lipinski definition) is 6. The van der Waals surface area contributed by atoms with Crippen LogP contribution in [0.1, 0.15) is 74.1 Å². The maximum atomic E-state index is 13.7. The Balaban J connectivity index is 2.11. The Morgan fingerprint density at radius 1 is 1.17 bits per heavy atom. The first-order chi connectivity index (χ1) is 16.7. The summed E-state index contributed by atoms with van der Waals surface area (Å²) in [5.41, 5.74) is -1.74. The number of nitrogens with zero attached hydrogens (tertiary/aromatic N) is 1. The summed E-state index contributed by atoms with van der Waals surface area (Å²) in [7, 11) is 1.28. The van der Waals surface area contributed by atoms with Crippen molar-refractivity contribution in [3.05, 3.63) is 12.7 Å². The Hall–Kier alpha value is -2.58. The Bertz CT molecular complexity index is 851. The number of rotatable bonds is 10. The number of likely N-dealkylation sites (tertiary alicyclic amines) is 1. The lowest BCUT2D eigenvalue weighted by atomic mass is 9.85. The number of hydrogen-bond donors (Lipinski definition) is 2. The summed E-state index contributed by atoms with van der Waals surface area (Å²) in [5.74, 6) is -0.618. The first-order valence-corrected chi connectivity index (χ1v) is 13.0. The lowest BCUT2D eigenvalue weighted by Crippen LogP contribution is -2.59. The van der Waals surface area contributed by atoms with Crippen LogP contribution in [0.3, 0.4) is 0 Å². The van der Waals surface area contributed by atoms with Crippen LogP contribution < -0.4 is 10.6 Å². The molecule has 2 rings (SSSR count). The molecule has 0 spiro atoms. The lowest BCUT2D eigenvalue weighted by molar-refractivity contribution is -0.148. The zero-order valence-electron chi connectivity index (χ0n) is 23.2. The minimum Gasteiger partial charge on any atom is -0.467 e. The second-order valence-corrected chi connectivity index (χ2v) is 11.8. The number of ether oxygens (including phenoxy) is 2. The topological polar surface area (TPSA) is 114 Å². The van der Waals surface area contributed by atoms with Crippen molar-refractivity contribution < 1.29 is 28.7 Å². The molecule has 36 heavy (non-hydrogen) atoms. The van der Waals surface area contributed by atoms with Crippen molar-refractivity contribution in [2.75, 3.05) is 13.7 Å². The van der Waals surface area contributed by atoms with E-state index in [1.165, 1.54) is 12.0 Å². The predicted octanol–water partition coefficient (Wildman–Crippen LogP) is 3.42. The van der Waals surface area contributed by atoms with Gasteiger partial charge in [-0.25, -0.2) is 9.59 Å². The first-order valence-electron chi connectivity index (χ1n) is 13.0. The largest absolute Gasteiger partial charge is 0.467 e. The van der Waals surface area contributed by atoms with Crippen LogP contribution in [0.15, 0.2) is 12.7 Å². The second-order valence-electron chi connectivity index (χ2n) is 11.8. The molecule has 3 amide bonds. The van der Waals surface area contributed by atoms with Gasteiger partial charge in [0.1, 0.15) is 23.7 Å². The van der Waals surface area contributed by atoms with Gasteiger partial charge < -0.3 is 25.0 Å². The molecule has 0 aromatic heterocycles. The average Bonchev–Trinajstić information content (AvgIpc) is 3.26. The number of alkyl carbamates (subject to hydrolysis) is 1. The predicted molar refractivity (Wildman–Crippen MR) is 137 cm³/mol. The van der Waals surface area contributed by atoms with Crippen molar-refractivity contribution >= 4 is 23.9 Å². The Morgan fingerprint density at radius 3 is 2.31 bits per heavy atom. The van der Waals surface area contributed by atoms with Gasteiger partial charge in [-0.15, -0.1) is 6.58 Å². The fraction of sp³-hybridized carbons (Fsp3) is 0.778. The smallest absolute Gasteiger partial charge is 0.408 e. The van der Waals surface area contributed by atoms with E-state index in [9.17, 15) is 19.2 Å². The van der Waals surface area contributed by atoms with Crippen molar-refractivity contribution in [1.29, 1.82) is 0 Å². The number of nitrogens with one attached hydrogen (secondary N) is 2. The number of esters is 1. The van der Waals surface area contributed by atoms with Gasteiger partial charge in [0.25, 0.3) is 0 Å². The molecule has 2 aliphatic rings. The fourth-order valence-corrected chi connectivity index (χ4v) is 4.78. The van der Waals surface area contributed by atoms with Crippen molar-refractivity contribution in [3.63, 3.8) is 0 Å². The molecule has 1 saturated heterocycles. The molecule has 2 N–H and O–H groups in total. The molecule has 0 radical (unpaired) electrons. The molecule has 9 nitrogen and oxygen atoms in total. The van der Waals surface area contributed by atoms with Gasteiger partial charge in [-0.2, -0.15) is 0 Å². The average molecular weight is 508 g/mol. The molecule has 204 valence electrons. The molecular weight excluding hydrogens is 462 g/mol. The molecule has 1 aliphatic heterocycles. The SMILES string of the molecule is C=C[C@@H]1CC1(NC(=O)[C@@H]1CCCN1C(=O)[C@@H](NC(=O)O[C@@H](C)C[C@H](C)C(C)C)C(C)(C)C)C(=O)OC. The van der Waals surface area contributed by atoms with Crippen LogP contribution in [0.25, 0.3) is 0 Å². The maximum absolute atomic E-state index is 13.7. The number of carbonyl (C=O) groups excluding carboxylic acids is 4. The molecular formula is C27H45N3O6. The summed E-state index contributed by atoms with van der Waals surface area (Å²) in [5, 5.41) is 5.59. The van der Waals surface area contributed by atoms with E-state index in [1.54, 1.807) is 6.08 Å². The summed E-state index contributed by atoms with van der Waals surface area (Å²) in [6.07, 6.45) is 2.94. The Morgan fingerprint density at radius 2 is 1.81 bits per heavy atom. The molecule has 0 aromatic carbocycles. The van der Waals surface area contributed by atoms with Crippen LogP contribution in [-0.2, 0) is 23.9 Å². The van der Waals surface area contributed by atoms with Gasteiger partial charge in [-0.05, 0) is 49.9 Å². The minimum atomic E-state index is -1.13. The molecule has 1 saturated carbocycles. The van der Waals surface area contributed by atoms with E-state index in [0.717, 1.165) is 6.42 Å². The van der Waals surface area contributed by atoms with E-state index >= 15 is 0 Å². The zero-order chi connectivity index (χ0) is 27.4. The molecule has 6 atom stereocenters. The zero-order valence-corrected chi connectivity index (χ0v) is 23.2. The summed E-state index contributed by atoms with van der Waals surface area (Å²) >= 11 is 0. The van der Waals surface area contributed by atoms with E-state index < -0.39 is 41.0 Å². The normalized spacial score (nSPS) is 26.0. The lowest BCUT2D eigenvalue weighted by Gasteiger charge is -2.35. The number of methoxy groups -OCH3 is 1.